The van der Waals surface area contributed by atoms with E-state index in [1.54, 1.807) is 6.92 Å². The highest BCUT2D eigenvalue weighted by atomic mass is 35.5. The zero-order valence-electron chi connectivity index (χ0n) is 12.3. The number of aliphatic hydroxyl groups excluding tert-OH is 1. The van der Waals surface area contributed by atoms with Crippen LogP contribution in [0.3, 0.4) is 0 Å². The van der Waals surface area contributed by atoms with E-state index < -0.39 is 43.1 Å². The van der Waals surface area contributed by atoms with E-state index in [4.69, 9.17) is 11.6 Å². The monoisotopic (exact) mass is 371 g/mol. The summed E-state index contributed by atoms with van der Waals surface area (Å²) in [6.07, 6.45) is -2.84. The summed E-state index contributed by atoms with van der Waals surface area (Å²) >= 11 is 5.50. The normalized spacial score (nSPS) is 25.7. The minimum Gasteiger partial charge on any atom is -0.396 e. The fourth-order valence-electron chi connectivity index (χ4n) is 2.77. The lowest BCUT2D eigenvalue weighted by atomic mass is 9.86. The molecule has 0 spiro atoms. The van der Waals surface area contributed by atoms with E-state index in [1.807, 2.05) is 0 Å². The van der Waals surface area contributed by atoms with Crippen LogP contribution in [0.5, 0.6) is 0 Å². The van der Waals surface area contributed by atoms with Gasteiger partial charge >= 0.3 is 6.18 Å². The maximum Gasteiger partial charge on any atom is 0.417 e. The van der Waals surface area contributed by atoms with Crippen LogP contribution in [0.4, 0.5) is 13.2 Å². The Labute approximate surface area is 137 Å². The zero-order valence-corrected chi connectivity index (χ0v) is 13.9. The second-order valence-electron chi connectivity index (χ2n) is 6.02. The van der Waals surface area contributed by atoms with Crippen molar-refractivity contribution in [3.8, 4) is 0 Å². The molecule has 0 aliphatic heterocycles. The van der Waals surface area contributed by atoms with Crippen molar-refractivity contribution in [2.45, 2.75) is 43.3 Å². The van der Waals surface area contributed by atoms with Gasteiger partial charge in [-0.2, -0.15) is 13.2 Å². The van der Waals surface area contributed by atoms with E-state index in [0.717, 1.165) is 18.6 Å². The molecule has 130 valence electrons. The molecule has 2 atom stereocenters. The average molecular weight is 372 g/mol. The quantitative estimate of drug-likeness (QED) is 0.854. The Kier molecular flexibility index (Phi) is 5.02. The van der Waals surface area contributed by atoms with Crippen LogP contribution in [0.15, 0.2) is 23.1 Å². The second-order valence-corrected chi connectivity index (χ2v) is 8.14. The van der Waals surface area contributed by atoms with Gasteiger partial charge in [0.05, 0.1) is 15.5 Å². The molecule has 0 radical (unpaired) electrons. The van der Waals surface area contributed by atoms with Crippen molar-refractivity contribution in [1.29, 1.82) is 0 Å². The lowest BCUT2D eigenvalue weighted by Gasteiger charge is -2.29. The van der Waals surface area contributed by atoms with E-state index in [-0.39, 0.29) is 6.61 Å². The molecule has 1 aliphatic carbocycles. The Hall–Kier alpha value is -0.830. The number of halogens is 4. The van der Waals surface area contributed by atoms with Crippen LogP contribution in [0.25, 0.3) is 0 Å². The third-order valence-corrected chi connectivity index (χ3v) is 6.09. The van der Waals surface area contributed by atoms with Gasteiger partial charge in [0.1, 0.15) is 0 Å². The largest absolute Gasteiger partial charge is 0.417 e. The minimum atomic E-state index is -4.74. The van der Waals surface area contributed by atoms with Gasteiger partial charge in [-0.1, -0.05) is 24.9 Å². The van der Waals surface area contributed by atoms with Crippen molar-refractivity contribution in [1.82, 2.24) is 4.72 Å². The number of benzene rings is 1. The Morgan fingerprint density at radius 3 is 2.65 bits per heavy atom. The lowest BCUT2D eigenvalue weighted by Crippen LogP contribution is -2.44. The van der Waals surface area contributed by atoms with Crippen molar-refractivity contribution < 1.29 is 26.7 Å². The summed E-state index contributed by atoms with van der Waals surface area (Å²) in [5, 5.41) is 8.89. The number of nitrogens with one attached hydrogen (secondary N) is 1. The van der Waals surface area contributed by atoms with E-state index in [0.29, 0.717) is 18.9 Å². The van der Waals surface area contributed by atoms with Crippen molar-refractivity contribution >= 4 is 21.6 Å². The van der Waals surface area contributed by atoms with Crippen LogP contribution in [0.1, 0.15) is 31.7 Å². The number of alkyl halides is 3. The Balaban J connectivity index is 2.34. The fourth-order valence-corrected chi connectivity index (χ4v) is 4.43. The highest BCUT2D eigenvalue weighted by molar-refractivity contribution is 7.89. The Morgan fingerprint density at radius 2 is 2.09 bits per heavy atom. The molecule has 4 nitrogen and oxygen atoms in total. The highest BCUT2D eigenvalue weighted by Gasteiger charge is 2.41. The molecule has 0 heterocycles. The maximum absolute atomic E-state index is 12.9. The summed E-state index contributed by atoms with van der Waals surface area (Å²) in [5.74, 6) is 0. The second kappa shape index (κ2) is 6.23. The molecule has 2 N–H and O–H groups in total. The molecule has 9 heteroatoms. The molecule has 0 aromatic heterocycles. The molecule has 1 aromatic rings. The first-order valence-corrected chi connectivity index (χ1v) is 8.86. The molecular formula is C14H17ClF3NO3S. The van der Waals surface area contributed by atoms with Gasteiger partial charge in [-0.3, -0.25) is 0 Å². The molecule has 0 amide bonds. The number of rotatable bonds is 4. The van der Waals surface area contributed by atoms with Crippen molar-refractivity contribution in [3.63, 3.8) is 0 Å². The van der Waals surface area contributed by atoms with Gasteiger partial charge in [-0.25, -0.2) is 13.1 Å². The molecule has 0 bridgehead atoms. The standard InChI is InChI=1S/C14H17ClF3NO3S/c1-13(8-20)6-2-3-12(13)19-23(21,22)9-4-5-11(15)10(7-9)14(16,17)18/h4-5,7,12,19-20H,2-3,6,8H2,1H3. The Bertz CT molecular complexity index is 693. The van der Waals surface area contributed by atoms with E-state index in [9.17, 15) is 26.7 Å². The predicted molar refractivity (Wildman–Crippen MR) is 79.6 cm³/mol. The van der Waals surface area contributed by atoms with E-state index in [1.165, 1.54) is 0 Å². The third kappa shape index (κ3) is 3.81. The smallest absolute Gasteiger partial charge is 0.396 e. The van der Waals surface area contributed by atoms with Crippen LogP contribution in [-0.4, -0.2) is 26.2 Å². The van der Waals surface area contributed by atoms with Crippen LogP contribution >= 0.6 is 11.6 Å². The van der Waals surface area contributed by atoms with Crippen molar-refractivity contribution in [3.05, 3.63) is 28.8 Å². The summed E-state index contributed by atoms with van der Waals surface area (Å²) in [6.45, 7) is 1.55. The van der Waals surface area contributed by atoms with E-state index >= 15 is 0 Å². The van der Waals surface area contributed by atoms with Crippen molar-refractivity contribution in [2.75, 3.05) is 6.61 Å². The van der Waals surface area contributed by atoms with Crippen LogP contribution in [0, 0.1) is 5.41 Å². The first-order valence-electron chi connectivity index (χ1n) is 6.99. The average Bonchev–Trinajstić information content (AvgIpc) is 2.79. The molecule has 1 fully saturated rings. The van der Waals surface area contributed by atoms with Gasteiger partial charge in [0.2, 0.25) is 10.0 Å². The maximum atomic E-state index is 12.9. The fraction of sp³-hybridized carbons (Fsp3) is 0.571. The molecule has 2 rings (SSSR count). The topological polar surface area (TPSA) is 66.4 Å². The zero-order chi connectivity index (χ0) is 17.5. The van der Waals surface area contributed by atoms with Crippen molar-refractivity contribution in [2.24, 2.45) is 5.41 Å². The highest BCUT2D eigenvalue weighted by Crippen LogP contribution is 2.39. The predicted octanol–water partition coefficient (Wildman–Crippen LogP) is 3.19. The van der Waals surface area contributed by atoms with Crippen LogP contribution in [-0.2, 0) is 16.2 Å². The summed E-state index contributed by atoms with van der Waals surface area (Å²) in [7, 11) is -4.14. The van der Waals surface area contributed by atoms with Gasteiger partial charge < -0.3 is 5.11 Å². The van der Waals surface area contributed by atoms with Gasteiger partial charge in [0, 0.05) is 18.1 Å². The number of hydrogen-bond donors (Lipinski definition) is 2. The molecular weight excluding hydrogens is 355 g/mol. The van der Waals surface area contributed by atoms with Gasteiger partial charge in [0.15, 0.2) is 0 Å². The summed E-state index contributed by atoms with van der Waals surface area (Å²) < 4.78 is 65.8. The van der Waals surface area contributed by atoms with Crippen LogP contribution in [0.2, 0.25) is 5.02 Å². The summed E-state index contributed by atoms with van der Waals surface area (Å²) in [6, 6.07) is 1.95. The molecule has 1 aliphatic rings. The Morgan fingerprint density at radius 1 is 1.43 bits per heavy atom. The minimum absolute atomic E-state index is 0.200. The van der Waals surface area contributed by atoms with Crippen LogP contribution < -0.4 is 4.72 Å². The summed E-state index contributed by atoms with van der Waals surface area (Å²) in [5.41, 5.74) is -1.81. The first kappa shape index (κ1) is 18.5. The van der Waals surface area contributed by atoms with Gasteiger partial charge in [-0.15, -0.1) is 0 Å². The molecule has 0 saturated heterocycles. The first-order chi connectivity index (χ1) is 10.5. The SMILES string of the molecule is CC1(CO)CCCC1NS(=O)(=O)c1ccc(Cl)c(C(F)(F)F)c1. The molecule has 2 unspecified atom stereocenters. The third-order valence-electron chi connectivity index (χ3n) is 4.29. The summed E-state index contributed by atoms with van der Waals surface area (Å²) in [4.78, 5) is -0.499. The number of sulfonamides is 1. The molecule has 23 heavy (non-hydrogen) atoms. The number of aliphatic hydroxyl groups is 1. The number of hydrogen-bond acceptors (Lipinski definition) is 3. The lowest BCUT2D eigenvalue weighted by molar-refractivity contribution is -0.137. The van der Waals surface area contributed by atoms with Gasteiger partial charge in [-0.05, 0) is 31.0 Å². The molecule has 1 saturated carbocycles. The van der Waals surface area contributed by atoms with Gasteiger partial charge in [0.25, 0.3) is 0 Å². The van der Waals surface area contributed by atoms with E-state index in [2.05, 4.69) is 4.72 Å². The molecule has 1 aromatic carbocycles.